The molecule has 0 bridgehead atoms. The van der Waals surface area contributed by atoms with Crippen LogP contribution < -0.4 is 10.6 Å². The van der Waals surface area contributed by atoms with Crippen LogP contribution in [-0.2, 0) is 11.2 Å². The zero-order valence-corrected chi connectivity index (χ0v) is 10.8. The Morgan fingerprint density at radius 1 is 1.37 bits per heavy atom. The molecule has 96 valence electrons. The SMILES string of the molecule is O=C(Nc1cnccc1Cl)C1Cc2ccccc2N1. The van der Waals surface area contributed by atoms with Gasteiger partial charge in [0.25, 0.3) is 0 Å². The first-order valence-corrected chi connectivity index (χ1v) is 6.36. The van der Waals surface area contributed by atoms with Crippen LogP contribution >= 0.6 is 11.6 Å². The lowest BCUT2D eigenvalue weighted by molar-refractivity contribution is -0.116. The summed E-state index contributed by atoms with van der Waals surface area (Å²) in [6.07, 6.45) is 3.81. The molecule has 0 saturated heterocycles. The summed E-state index contributed by atoms with van der Waals surface area (Å²) in [6.45, 7) is 0. The lowest BCUT2D eigenvalue weighted by atomic mass is 10.1. The fraction of sp³-hybridized carbons (Fsp3) is 0.143. The van der Waals surface area contributed by atoms with Gasteiger partial charge in [0.2, 0.25) is 5.91 Å². The molecule has 0 aliphatic carbocycles. The summed E-state index contributed by atoms with van der Waals surface area (Å²) >= 11 is 5.99. The van der Waals surface area contributed by atoms with E-state index in [9.17, 15) is 4.79 Å². The zero-order valence-electron chi connectivity index (χ0n) is 10.1. The number of nitrogens with one attached hydrogen (secondary N) is 2. The topological polar surface area (TPSA) is 54.0 Å². The van der Waals surface area contributed by atoms with Crippen LogP contribution in [0.15, 0.2) is 42.7 Å². The van der Waals surface area contributed by atoms with Gasteiger partial charge in [-0.3, -0.25) is 9.78 Å². The van der Waals surface area contributed by atoms with Gasteiger partial charge >= 0.3 is 0 Å². The van der Waals surface area contributed by atoms with Crippen LogP contribution in [0.4, 0.5) is 11.4 Å². The van der Waals surface area contributed by atoms with Crippen molar-refractivity contribution in [1.82, 2.24) is 4.98 Å². The van der Waals surface area contributed by atoms with E-state index in [2.05, 4.69) is 15.6 Å². The van der Waals surface area contributed by atoms with Crippen molar-refractivity contribution < 1.29 is 4.79 Å². The molecule has 1 atom stereocenters. The van der Waals surface area contributed by atoms with Crippen molar-refractivity contribution >= 4 is 28.9 Å². The molecule has 0 spiro atoms. The number of nitrogens with zero attached hydrogens (tertiary/aromatic N) is 1. The summed E-state index contributed by atoms with van der Waals surface area (Å²) in [7, 11) is 0. The fourth-order valence-corrected chi connectivity index (χ4v) is 2.30. The van der Waals surface area contributed by atoms with Gasteiger partial charge in [0.05, 0.1) is 16.9 Å². The van der Waals surface area contributed by atoms with Crippen molar-refractivity contribution in [2.75, 3.05) is 10.6 Å². The van der Waals surface area contributed by atoms with Gasteiger partial charge in [0.15, 0.2) is 0 Å². The van der Waals surface area contributed by atoms with Gasteiger partial charge in [-0.1, -0.05) is 29.8 Å². The average molecular weight is 274 g/mol. The molecular formula is C14H12ClN3O. The lowest BCUT2D eigenvalue weighted by Gasteiger charge is -2.12. The predicted molar refractivity (Wildman–Crippen MR) is 75.4 cm³/mol. The Morgan fingerprint density at radius 3 is 3.00 bits per heavy atom. The Bertz CT molecular complexity index is 605. The number of pyridine rings is 1. The molecule has 2 heterocycles. The maximum atomic E-state index is 12.2. The molecule has 1 aliphatic heterocycles. The molecule has 2 N–H and O–H groups in total. The highest BCUT2D eigenvalue weighted by Crippen LogP contribution is 2.26. The number of anilines is 2. The van der Waals surface area contributed by atoms with Crippen LogP contribution in [0.1, 0.15) is 5.56 Å². The molecule has 2 aromatic rings. The molecule has 1 unspecified atom stereocenters. The van der Waals surface area contributed by atoms with E-state index >= 15 is 0 Å². The van der Waals surface area contributed by atoms with E-state index in [1.165, 1.54) is 0 Å². The number of rotatable bonds is 2. The number of fused-ring (bicyclic) bond motifs is 1. The van der Waals surface area contributed by atoms with Crippen LogP contribution in [0.3, 0.4) is 0 Å². The molecule has 0 saturated carbocycles. The Hall–Kier alpha value is -2.07. The first-order valence-electron chi connectivity index (χ1n) is 5.99. The second kappa shape index (κ2) is 4.90. The number of hydrogen-bond donors (Lipinski definition) is 2. The van der Waals surface area contributed by atoms with E-state index in [0.29, 0.717) is 17.1 Å². The Morgan fingerprint density at radius 2 is 2.21 bits per heavy atom. The van der Waals surface area contributed by atoms with E-state index in [1.54, 1.807) is 18.5 Å². The molecular weight excluding hydrogens is 262 g/mol. The molecule has 0 radical (unpaired) electrons. The largest absolute Gasteiger partial charge is 0.373 e. The molecule has 3 rings (SSSR count). The highest BCUT2D eigenvalue weighted by atomic mass is 35.5. The van der Waals surface area contributed by atoms with E-state index in [1.807, 2.05) is 24.3 Å². The maximum Gasteiger partial charge on any atom is 0.247 e. The van der Waals surface area contributed by atoms with Crippen molar-refractivity contribution in [3.63, 3.8) is 0 Å². The molecule has 1 aromatic carbocycles. The summed E-state index contributed by atoms with van der Waals surface area (Å²) in [4.78, 5) is 16.1. The average Bonchev–Trinajstić information content (AvgIpc) is 2.85. The number of carbonyl (C=O) groups is 1. The van der Waals surface area contributed by atoms with Gasteiger partial charge in [0, 0.05) is 18.3 Å². The first kappa shape index (κ1) is 12.0. The smallest absolute Gasteiger partial charge is 0.247 e. The van der Waals surface area contributed by atoms with Gasteiger partial charge < -0.3 is 10.6 Å². The fourth-order valence-electron chi connectivity index (χ4n) is 2.15. The van der Waals surface area contributed by atoms with Crippen molar-refractivity contribution in [3.8, 4) is 0 Å². The third kappa shape index (κ3) is 2.39. The number of para-hydroxylation sites is 1. The van der Waals surface area contributed by atoms with Crippen molar-refractivity contribution in [2.45, 2.75) is 12.5 Å². The number of carbonyl (C=O) groups excluding carboxylic acids is 1. The van der Waals surface area contributed by atoms with Gasteiger partial charge in [0.1, 0.15) is 6.04 Å². The molecule has 1 aromatic heterocycles. The highest BCUT2D eigenvalue weighted by Gasteiger charge is 2.26. The normalized spacial score (nSPS) is 16.6. The zero-order chi connectivity index (χ0) is 13.2. The summed E-state index contributed by atoms with van der Waals surface area (Å²) in [5, 5.41) is 6.47. The van der Waals surface area contributed by atoms with E-state index < -0.39 is 0 Å². The van der Waals surface area contributed by atoms with Crippen LogP contribution in [0.25, 0.3) is 0 Å². The quantitative estimate of drug-likeness (QED) is 0.885. The molecule has 0 fully saturated rings. The lowest BCUT2D eigenvalue weighted by Crippen LogP contribution is -2.32. The highest BCUT2D eigenvalue weighted by molar-refractivity contribution is 6.33. The second-order valence-corrected chi connectivity index (χ2v) is 4.81. The van der Waals surface area contributed by atoms with Crippen LogP contribution in [0, 0.1) is 0 Å². The minimum atomic E-state index is -0.270. The van der Waals surface area contributed by atoms with Crippen LogP contribution in [0.2, 0.25) is 5.02 Å². The summed E-state index contributed by atoms with van der Waals surface area (Å²) in [6, 6.07) is 9.29. The van der Waals surface area contributed by atoms with Crippen molar-refractivity contribution in [2.24, 2.45) is 0 Å². The second-order valence-electron chi connectivity index (χ2n) is 4.40. The van der Waals surface area contributed by atoms with Crippen LogP contribution in [0.5, 0.6) is 0 Å². The Balaban J connectivity index is 1.72. The summed E-state index contributed by atoms with van der Waals surface area (Å²) in [5.41, 5.74) is 2.70. The van der Waals surface area contributed by atoms with E-state index in [-0.39, 0.29) is 11.9 Å². The van der Waals surface area contributed by atoms with Crippen molar-refractivity contribution in [1.29, 1.82) is 0 Å². The van der Waals surface area contributed by atoms with Gasteiger partial charge in [-0.05, 0) is 17.7 Å². The van der Waals surface area contributed by atoms with Gasteiger partial charge in [-0.25, -0.2) is 0 Å². The third-order valence-corrected chi connectivity index (χ3v) is 3.44. The van der Waals surface area contributed by atoms with E-state index in [4.69, 9.17) is 11.6 Å². The number of aromatic nitrogens is 1. The molecule has 1 aliphatic rings. The summed E-state index contributed by atoms with van der Waals surface area (Å²) < 4.78 is 0. The minimum absolute atomic E-state index is 0.105. The Labute approximate surface area is 115 Å². The number of benzene rings is 1. The number of hydrogen-bond acceptors (Lipinski definition) is 3. The standard InChI is InChI=1S/C14H12ClN3O/c15-10-5-6-16-8-13(10)18-14(19)12-7-9-3-1-2-4-11(9)17-12/h1-6,8,12,17H,7H2,(H,18,19). The number of amides is 1. The first-order chi connectivity index (χ1) is 9.24. The van der Waals surface area contributed by atoms with Crippen LogP contribution in [-0.4, -0.2) is 16.9 Å². The van der Waals surface area contributed by atoms with Gasteiger partial charge in [-0.15, -0.1) is 0 Å². The minimum Gasteiger partial charge on any atom is -0.373 e. The van der Waals surface area contributed by atoms with E-state index in [0.717, 1.165) is 11.3 Å². The molecule has 1 amide bonds. The predicted octanol–water partition coefficient (Wildman–Crippen LogP) is 2.71. The maximum absolute atomic E-state index is 12.2. The summed E-state index contributed by atoms with van der Waals surface area (Å²) in [5.74, 6) is -0.105. The third-order valence-electron chi connectivity index (χ3n) is 3.11. The van der Waals surface area contributed by atoms with Gasteiger partial charge in [-0.2, -0.15) is 0 Å². The monoisotopic (exact) mass is 273 g/mol. The molecule has 4 nitrogen and oxygen atoms in total. The molecule has 5 heteroatoms. The molecule has 19 heavy (non-hydrogen) atoms. The van der Waals surface area contributed by atoms with Crippen molar-refractivity contribution in [3.05, 3.63) is 53.3 Å². The number of halogens is 1. The Kier molecular flexibility index (Phi) is 3.09.